The lowest BCUT2D eigenvalue weighted by atomic mass is 9.81. The molecule has 0 saturated carbocycles. The number of piperazine rings is 1. The van der Waals surface area contributed by atoms with Crippen LogP contribution in [0.25, 0.3) is 0 Å². The SMILES string of the molecule is Cc1cc(C#N)nc(N2CCN(C(=O)CC(C)(C)c3ccccc3)CC2)n1. The van der Waals surface area contributed by atoms with Gasteiger partial charge >= 0.3 is 0 Å². The van der Waals surface area contributed by atoms with Crippen molar-refractivity contribution in [1.82, 2.24) is 14.9 Å². The van der Waals surface area contributed by atoms with Gasteiger partial charge in [-0.15, -0.1) is 0 Å². The smallest absolute Gasteiger partial charge is 0.226 e. The maximum Gasteiger partial charge on any atom is 0.226 e. The summed E-state index contributed by atoms with van der Waals surface area (Å²) in [5, 5.41) is 9.09. The fourth-order valence-electron chi connectivity index (χ4n) is 3.39. The molecular weight excluding hydrogens is 338 g/mol. The Morgan fingerprint density at radius 1 is 1.15 bits per heavy atom. The summed E-state index contributed by atoms with van der Waals surface area (Å²) in [5.74, 6) is 0.745. The first kappa shape index (κ1) is 18.8. The molecule has 1 amide bonds. The van der Waals surface area contributed by atoms with Crippen LogP contribution >= 0.6 is 0 Å². The van der Waals surface area contributed by atoms with Gasteiger partial charge in [-0.3, -0.25) is 4.79 Å². The molecule has 0 aliphatic carbocycles. The molecule has 27 heavy (non-hydrogen) atoms. The third-order valence-corrected chi connectivity index (χ3v) is 5.02. The third-order valence-electron chi connectivity index (χ3n) is 5.02. The van der Waals surface area contributed by atoms with Crippen LogP contribution in [0.1, 0.15) is 37.2 Å². The van der Waals surface area contributed by atoms with Crippen LogP contribution in [-0.4, -0.2) is 47.0 Å². The van der Waals surface area contributed by atoms with Crippen LogP contribution in [0.5, 0.6) is 0 Å². The molecule has 0 N–H and O–H groups in total. The van der Waals surface area contributed by atoms with Crippen LogP contribution in [-0.2, 0) is 10.2 Å². The number of nitriles is 1. The number of anilines is 1. The van der Waals surface area contributed by atoms with Gasteiger partial charge in [-0.1, -0.05) is 44.2 Å². The van der Waals surface area contributed by atoms with E-state index >= 15 is 0 Å². The minimum absolute atomic E-state index is 0.173. The average molecular weight is 363 g/mol. The van der Waals surface area contributed by atoms with Crippen molar-refractivity contribution in [3.8, 4) is 6.07 Å². The van der Waals surface area contributed by atoms with Gasteiger partial charge in [0, 0.05) is 38.3 Å². The third kappa shape index (κ3) is 4.43. The maximum absolute atomic E-state index is 12.8. The summed E-state index contributed by atoms with van der Waals surface area (Å²) in [7, 11) is 0. The number of carbonyl (C=O) groups is 1. The van der Waals surface area contributed by atoms with Gasteiger partial charge in [-0.25, -0.2) is 9.97 Å². The molecule has 2 heterocycles. The molecule has 1 aliphatic rings. The minimum atomic E-state index is -0.198. The number of aromatic nitrogens is 2. The molecule has 6 nitrogen and oxygen atoms in total. The van der Waals surface area contributed by atoms with Gasteiger partial charge in [0.25, 0.3) is 0 Å². The Kier molecular flexibility index (Phi) is 5.41. The van der Waals surface area contributed by atoms with Crippen molar-refractivity contribution >= 4 is 11.9 Å². The number of amides is 1. The Morgan fingerprint density at radius 2 is 1.81 bits per heavy atom. The molecular formula is C21H25N5O. The molecule has 0 radical (unpaired) electrons. The normalized spacial score (nSPS) is 14.7. The molecule has 1 saturated heterocycles. The van der Waals surface area contributed by atoms with Crippen LogP contribution in [0, 0.1) is 18.3 Å². The van der Waals surface area contributed by atoms with E-state index in [0.717, 1.165) is 5.69 Å². The standard InChI is InChI=1S/C21H25N5O/c1-16-13-18(15-22)24-20(23-16)26-11-9-25(10-12-26)19(27)14-21(2,3)17-7-5-4-6-8-17/h4-8,13H,9-12,14H2,1-3H3. The molecule has 2 aromatic rings. The Balaban J connectivity index is 1.61. The van der Waals surface area contributed by atoms with Gasteiger partial charge in [0.05, 0.1) is 0 Å². The molecule has 1 fully saturated rings. The zero-order chi connectivity index (χ0) is 19.4. The molecule has 0 bridgehead atoms. The van der Waals surface area contributed by atoms with Gasteiger partial charge < -0.3 is 9.80 Å². The van der Waals surface area contributed by atoms with E-state index in [-0.39, 0.29) is 11.3 Å². The van der Waals surface area contributed by atoms with Crippen molar-refractivity contribution in [2.45, 2.75) is 32.6 Å². The highest BCUT2D eigenvalue weighted by Crippen LogP contribution is 2.28. The van der Waals surface area contributed by atoms with E-state index in [0.29, 0.717) is 44.2 Å². The first-order valence-corrected chi connectivity index (χ1v) is 9.23. The van der Waals surface area contributed by atoms with Crippen LogP contribution in [0.4, 0.5) is 5.95 Å². The molecule has 1 aliphatic heterocycles. The Morgan fingerprint density at radius 3 is 2.44 bits per heavy atom. The van der Waals surface area contributed by atoms with Gasteiger partial charge in [-0.2, -0.15) is 5.26 Å². The second kappa shape index (κ2) is 7.75. The summed E-state index contributed by atoms with van der Waals surface area (Å²) in [6.45, 7) is 8.71. The number of benzene rings is 1. The highest BCUT2D eigenvalue weighted by Gasteiger charge is 2.29. The van der Waals surface area contributed by atoms with Gasteiger partial charge in [0.2, 0.25) is 11.9 Å². The number of hydrogen-bond acceptors (Lipinski definition) is 5. The van der Waals surface area contributed by atoms with E-state index in [1.165, 1.54) is 5.56 Å². The van der Waals surface area contributed by atoms with Crippen LogP contribution in [0.2, 0.25) is 0 Å². The lowest BCUT2D eigenvalue weighted by molar-refractivity contribution is -0.132. The van der Waals surface area contributed by atoms with Crippen LogP contribution in [0.3, 0.4) is 0 Å². The van der Waals surface area contributed by atoms with Crippen molar-refractivity contribution in [3.05, 3.63) is 53.3 Å². The summed E-state index contributed by atoms with van der Waals surface area (Å²) < 4.78 is 0. The van der Waals surface area contributed by atoms with Crippen LogP contribution < -0.4 is 4.90 Å². The molecule has 1 aromatic heterocycles. The molecule has 0 atom stereocenters. The van der Waals surface area contributed by atoms with Crippen molar-refractivity contribution in [2.24, 2.45) is 0 Å². The number of carbonyl (C=O) groups excluding carboxylic acids is 1. The fourth-order valence-corrected chi connectivity index (χ4v) is 3.39. The van der Waals surface area contributed by atoms with Gasteiger partial charge in [0.15, 0.2) is 0 Å². The lowest BCUT2D eigenvalue weighted by Gasteiger charge is -2.36. The predicted molar refractivity (Wildman–Crippen MR) is 104 cm³/mol. The number of nitrogens with zero attached hydrogens (tertiary/aromatic N) is 5. The van der Waals surface area contributed by atoms with E-state index < -0.39 is 0 Å². The first-order chi connectivity index (χ1) is 12.9. The number of rotatable bonds is 4. The topological polar surface area (TPSA) is 73.1 Å². The van der Waals surface area contributed by atoms with E-state index in [2.05, 4.69) is 42.0 Å². The Bertz CT molecular complexity index is 849. The zero-order valence-electron chi connectivity index (χ0n) is 16.1. The highest BCUT2D eigenvalue weighted by molar-refractivity contribution is 5.78. The quantitative estimate of drug-likeness (QED) is 0.835. The minimum Gasteiger partial charge on any atom is -0.339 e. The van der Waals surface area contributed by atoms with Crippen molar-refractivity contribution in [2.75, 3.05) is 31.1 Å². The van der Waals surface area contributed by atoms with E-state index in [1.807, 2.05) is 34.9 Å². The van der Waals surface area contributed by atoms with Crippen molar-refractivity contribution in [1.29, 1.82) is 5.26 Å². The fraction of sp³-hybridized carbons (Fsp3) is 0.429. The summed E-state index contributed by atoms with van der Waals surface area (Å²) in [4.78, 5) is 25.5. The second-order valence-electron chi connectivity index (χ2n) is 7.60. The number of hydrogen-bond donors (Lipinski definition) is 0. The summed E-state index contributed by atoms with van der Waals surface area (Å²) in [6, 6.07) is 13.9. The Hall–Kier alpha value is -2.94. The maximum atomic E-state index is 12.8. The van der Waals surface area contributed by atoms with Crippen molar-refractivity contribution < 1.29 is 4.79 Å². The van der Waals surface area contributed by atoms with E-state index in [1.54, 1.807) is 6.07 Å². The van der Waals surface area contributed by atoms with E-state index in [9.17, 15) is 4.79 Å². The van der Waals surface area contributed by atoms with Gasteiger partial charge in [-0.05, 0) is 24.0 Å². The largest absolute Gasteiger partial charge is 0.339 e. The zero-order valence-corrected chi connectivity index (χ0v) is 16.1. The van der Waals surface area contributed by atoms with Gasteiger partial charge in [0.1, 0.15) is 11.8 Å². The molecule has 6 heteroatoms. The summed E-state index contributed by atoms with van der Waals surface area (Å²) in [6.07, 6.45) is 0.483. The first-order valence-electron chi connectivity index (χ1n) is 9.23. The number of aryl methyl sites for hydroxylation is 1. The van der Waals surface area contributed by atoms with Crippen molar-refractivity contribution in [3.63, 3.8) is 0 Å². The monoisotopic (exact) mass is 363 g/mol. The molecule has 140 valence electrons. The molecule has 3 rings (SSSR count). The molecule has 0 spiro atoms. The highest BCUT2D eigenvalue weighted by atomic mass is 16.2. The predicted octanol–water partition coefficient (Wildman–Crippen LogP) is 2.67. The lowest BCUT2D eigenvalue weighted by Crippen LogP contribution is -2.50. The second-order valence-corrected chi connectivity index (χ2v) is 7.60. The summed E-state index contributed by atoms with van der Waals surface area (Å²) in [5.41, 5.74) is 2.13. The Labute approximate surface area is 160 Å². The van der Waals surface area contributed by atoms with E-state index in [4.69, 9.17) is 5.26 Å². The average Bonchev–Trinajstić information content (AvgIpc) is 2.68. The molecule has 0 unspecified atom stereocenters. The van der Waals surface area contributed by atoms with Crippen LogP contribution in [0.15, 0.2) is 36.4 Å². The molecule has 1 aromatic carbocycles. The summed E-state index contributed by atoms with van der Waals surface area (Å²) >= 11 is 0.